The van der Waals surface area contributed by atoms with Crippen molar-refractivity contribution in [2.45, 2.75) is 13.8 Å². The second-order valence-corrected chi connectivity index (χ2v) is 3.64. The second-order valence-electron chi connectivity index (χ2n) is 3.24. The van der Waals surface area contributed by atoms with Gasteiger partial charge in [0.25, 0.3) is 0 Å². The SMILES string of the molecule is CCN(CCO)c1ccc(C)c(Cl)c1. The van der Waals surface area contributed by atoms with E-state index in [-0.39, 0.29) is 6.61 Å². The lowest BCUT2D eigenvalue weighted by atomic mass is 10.2. The zero-order chi connectivity index (χ0) is 10.6. The van der Waals surface area contributed by atoms with Crippen LogP contribution in [0.2, 0.25) is 5.02 Å². The van der Waals surface area contributed by atoms with Gasteiger partial charge in [-0.2, -0.15) is 0 Å². The summed E-state index contributed by atoms with van der Waals surface area (Å²) < 4.78 is 0. The van der Waals surface area contributed by atoms with Gasteiger partial charge in [-0.25, -0.2) is 0 Å². The summed E-state index contributed by atoms with van der Waals surface area (Å²) >= 11 is 6.03. The molecule has 0 heterocycles. The molecule has 0 atom stereocenters. The summed E-state index contributed by atoms with van der Waals surface area (Å²) in [6.07, 6.45) is 0. The average Bonchev–Trinajstić information content (AvgIpc) is 2.19. The van der Waals surface area contributed by atoms with Crippen molar-refractivity contribution >= 4 is 17.3 Å². The number of benzene rings is 1. The molecule has 0 aliphatic carbocycles. The Bertz CT molecular complexity index is 301. The summed E-state index contributed by atoms with van der Waals surface area (Å²) in [4.78, 5) is 2.09. The molecule has 1 rings (SSSR count). The number of likely N-dealkylation sites (N-methyl/N-ethyl adjacent to an activating group) is 1. The van der Waals surface area contributed by atoms with E-state index in [0.717, 1.165) is 22.8 Å². The van der Waals surface area contributed by atoms with E-state index in [1.54, 1.807) is 0 Å². The lowest BCUT2D eigenvalue weighted by Crippen LogP contribution is -2.26. The molecule has 78 valence electrons. The Balaban J connectivity index is 2.88. The van der Waals surface area contributed by atoms with Gasteiger partial charge >= 0.3 is 0 Å². The van der Waals surface area contributed by atoms with Crippen molar-refractivity contribution in [3.8, 4) is 0 Å². The third-order valence-electron chi connectivity index (χ3n) is 2.27. The molecule has 0 saturated carbocycles. The lowest BCUT2D eigenvalue weighted by Gasteiger charge is -2.22. The summed E-state index contributed by atoms with van der Waals surface area (Å²) in [5.74, 6) is 0. The molecule has 0 spiro atoms. The minimum atomic E-state index is 0.166. The highest BCUT2D eigenvalue weighted by Crippen LogP contribution is 2.22. The Morgan fingerprint density at radius 3 is 2.64 bits per heavy atom. The third kappa shape index (κ3) is 2.63. The van der Waals surface area contributed by atoms with Gasteiger partial charge in [0.2, 0.25) is 0 Å². The molecule has 2 nitrogen and oxygen atoms in total. The van der Waals surface area contributed by atoms with Gasteiger partial charge in [0.15, 0.2) is 0 Å². The molecule has 0 fully saturated rings. The standard InChI is InChI=1S/C11H16ClNO/c1-3-13(6-7-14)10-5-4-9(2)11(12)8-10/h4-5,8,14H,3,6-7H2,1-2H3. The molecule has 1 aromatic rings. The van der Waals surface area contributed by atoms with Crippen LogP contribution in [0.25, 0.3) is 0 Å². The summed E-state index contributed by atoms with van der Waals surface area (Å²) in [7, 11) is 0. The van der Waals surface area contributed by atoms with E-state index in [2.05, 4.69) is 11.8 Å². The number of halogens is 1. The molecule has 1 N–H and O–H groups in total. The molecule has 0 aliphatic heterocycles. The van der Waals surface area contributed by atoms with Crippen molar-refractivity contribution in [1.29, 1.82) is 0 Å². The van der Waals surface area contributed by atoms with Gasteiger partial charge in [-0.15, -0.1) is 0 Å². The Morgan fingerprint density at radius 1 is 1.43 bits per heavy atom. The first-order valence-corrected chi connectivity index (χ1v) is 5.18. The van der Waals surface area contributed by atoms with Gasteiger partial charge in [0.1, 0.15) is 0 Å². The number of aliphatic hydroxyl groups excluding tert-OH is 1. The predicted octanol–water partition coefficient (Wildman–Crippen LogP) is 2.47. The van der Waals surface area contributed by atoms with E-state index in [4.69, 9.17) is 16.7 Å². The van der Waals surface area contributed by atoms with Crippen LogP contribution in [-0.4, -0.2) is 24.8 Å². The van der Waals surface area contributed by atoms with Crippen molar-refractivity contribution in [2.75, 3.05) is 24.6 Å². The zero-order valence-electron chi connectivity index (χ0n) is 8.63. The normalized spacial score (nSPS) is 10.3. The molecule has 0 unspecified atom stereocenters. The van der Waals surface area contributed by atoms with E-state index in [0.29, 0.717) is 6.54 Å². The quantitative estimate of drug-likeness (QED) is 0.831. The largest absolute Gasteiger partial charge is 0.395 e. The van der Waals surface area contributed by atoms with Crippen LogP contribution < -0.4 is 4.90 Å². The van der Waals surface area contributed by atoms with E-state index in [1.165, 1.54) is 0 Å². The molecule has 0 aliphatic rings. The van der Waals surface area contributed by atoms with E-state index in [9.17, 15) is 0 Å². The molecule has 0 bridgehead atoms. The number of aryl methyl sites for hydroxylation is 1. The number of hydrogen-bond donors (Lipinski definition) is 1. The van der Waals surface area contributed by atoms with E-state index >= 15 is 0 Å². The maximum atomic E-state index is 8.88. The molecule has 1 aromatic carbocycles. The van der Waals surface area contributed by atoms with Crippen LogP contribution in [-0.2, 0) is 0 Å². The summed E-state index contributed by atoms with van der Waals surface area (Å²) in [6, 6.07) is 5.97. The Labute approximate surface area is 90.1 Å². The second kappa shape index (κ2) is 5.23. The van der Waals surface area contributed by atoms with Gasteiger partial charge in [-0.1, -0.05) is 17.7 Å². The molecule has 0 amide bonds. The molecule has 0 aromatic heterocycles. The van der Waals surface area contributed by atoms with Crippen molar-refractivity contribution in [2.24, 2.45) is 0 Å². The number of anilines is 1. The van der Waals surface area contributed by atoms with Crippen molar-refractivity contribution in [3.63, 3.8) is 0 Å². The molecule has 14 heavy (non-hydrogen) atoms. The molecule has 0 radical (unpaired) electrons. The van der Waals surface area contributed by atoms with Crippen LogP contribution in [0.1, 0.15) is 12.5 Å². The fourth-order valence-electron chi connectivity index (χ4n) is 1.37. The number of aliphatic hydroxyl groups is 1. The Morgan fingerprint density at radius 2 is 2.14 bits per heavy atom. The minimum Gasteiger partial charge on any atom is -0.395 e. The van der Waals surface area contributed by atoms with Crippen LogP contribution in [0.5, 0.6) is 0 Å². The van der Waals surface area contributed by atoms with Crippen molar-refractivity contribution in [3.05, 3.63) is 28.8 Å². The maximum Gasteiger partial charge on any atom is 0.0606 e. The van der Waals surface area contributed by atoms with Gasteiger partial charge in [0, 0.05) is 23.8 Å². The average molecular weight is 214 g/mol. The summed E-state index contributed by atoms with van der Waals surface area (Å²) in [5.41, 5.74) is 2.15. The van der Waals surface area contributed by atoms with Crippen molar-refractivity contribution < 1.29 is 5.11 Å². The molecular formula is C11H16ClNO. The van der Waals surface area contributed by atoms with Crippen molar-refractivity contribution in [1.82, 2.24) is 0 Å². The predicted molar refractivity (Wildman–Crippen MR) is 61.2 cm³/mol. The van der Waals surface area contributed by atoms with Crippen LogP contribution in [0.4, 0.5) is 5.69 Å². The first kappa shape index (κ1) is 11.3. The van der Waals surface area contributed by atoms with Crippen LogP contribution in [0.15, 0.2) is 18.2 Å². The third-order valence-corrected chi connectivity index (χ3v) is 2.68. The molecular weight excluding hydrogens is 198 g/mol. The highest BCUT2D eigenvalue weighted by Gasteiger charge is 2.04. The summed E-state index contributed by atoms with van der Waals surface area (Å²) in [5, 5.41) is 9.66. The molecule has 3 heteroatoms. The van der Waals surface area contributed by atoms with E-state index in [1.807, 2.05) is 25.1 Å². The lowest BCUT2D eigenvalue weighted by molar-refractivity contribution is 0.302. The van der Waals surface area contributed by atoms with Gasteiger partial charge in [0.05, 0.1) is 6.61 Å². The Kier molecular flexibility index (Phi) is 4.23. The first-order chi connectivity index (χ1) is 6.69. The summed E-state index contributed by atoms with van der Waals surface area (Å²) in [6.45, 7) is 5.73. The first-order valence-electron chi connectivity index (χ1n) is 4.81. The topological polar surface area (TPSA) is 23.5 Å². The Hall–Kier alpha value is -0.730. The van der Waals surface area contributed by atoms with Crippen LogP contribution in [0, 0.1) is 6.92 Å². The zero-order valence-corrected chi connectivity index (χ0v) is 9.38. The van der Waals surface area contributed by atoms with Gasteiger partial charge < -0.3 is 10.0 Å². The van der Waals surface area contributed by atoms with Gasteiger partial charge in [-0.05, 0) is 31.5 Å². The number of nitrogens with zero attached hydrogens (tertiary/aromatic N) is 1. The van der Waals surface area contributed by atoms with Crippen LogP contribution >= 0.6 is 11.6 Å². The highest BCUT2D eigenvalue weighted by molar-refractivity contribution is 6.31. The fraction of sp³-hybridized carbons (Fsp3) is 0.455. The number of hydrogen-bond acceptors (Lipinski definition) is 2. The maximum absolute atomic E-state index is 8.88. The highest BCUT2D eigenvalue weighted by atomic mass is 35.5. The minimum absolute atomic E-state index is 0.166. The smallest absolute Gasteiger partial charge is 0.0606 e. The monoisotopic (exact) mass is 213 g/mol. The van der Waals surface area contributed by atoms with Crippen LogP contribution in [0.3, 0.4) is 0 Å². The fourth-order valence-corrected chi connectivity index (χ4v) is 1.54. The van der Waals surface area contributed by atoms with Gasteiger partial charge in [-0.3, -0.25) is 0 Å². The number of rotatable bonds is 4. The molecule has 0 saturated heterocycles. The van der Waals surface area contributed by atoms with E-state index < -0.39 is 0 Å².